The van der Waals surface area contributed by atoms with Crippen molar-refractivity contribution in [1.82, 2.24) is 25.1 Å². The summed E-state index contributed by atoms with van der Waals surface area (Å²) < 4.78 is 0. The summed E-state index contributed by atoms with van der Waals surface area (Å²) in [5.74, 6) is -1.18. The standard InChI is InChI=1S/C42H47ClN10O4/c1-26-20-42(25-52(26)29-5-7-35(44-2)34(43)19-29)12-16-49(17-13-42)30-21-45-41(46-22-30)50-14-10-27(11-15-50)51-23-31(24-51)48(3)28-4-6-32-33(18-28)40(57)53(39(32)56)36-8-9-37(54)47-38(36)55/h4-7,18-19,21-22,26-27,31,36H,8-17,20,23-25H2,1,3H3,(H,47,54,55)/t26-,36?/m0/s1. The highest BCUT2D eigenvalue weighted by atomic mass is 35.5. The quantitative estimate of drug-likeness (QED) is 0.263. The Balaban J connectivity index is 0.738. The van der Waals surface area contributed by atoms with Crippen molar-refractivity contribution in [2.45, 2.75) is 76.0 Å². The van der Waals surface area contributed by atoms with Gasteiger partial charge >= 0.3 is 0 Å². The van der Waals surface area contributed by atoms with Crippen molar-refractivity contribution in [1.29, 1.82) is 0 Å². The lowest BCUT2D eigenvalue weighted by Gasteiger charge is -2.50. The van der Waals surface area contributed by atoms with Crippen LogP contribution in [-0.4, -0.2) is 120 Å². The molecule has 1 unspecified atom stereocenters. The van der Waals surface area contributed by atoms with Gasteiger partial charge in [0.25, 0.3) is 11.8 Å². The maximum absolute atomic E-state index is 13.3. The number of anilines is 4. The number of imide groups is 2. The topological polar surface area (TPSA) is 130 Å². The van der Waals surface area contributed by atoms with E-state index >= 15 is 0 Å². The number of rotatable bonds is 7. The first-order valence-corrected chi connectivity index (χ1v) is 20.5. The van der Waals surface area contributed by atoms with Gasteiger partial charge in [-0.15, -0.1) is 0 Å². The average molecular weight is 791 g/mol. The van der Waals surface area contributed by atoms with Gasteiger partial charge < -0.3 is 19.6 Å². The Morgan fingerprint density at radius 2 is 1.61 bits per heavy atom. The summed E-state index contributed by atoms with van der Waals surface area (Å²) in [5.41, 5.74) is 4.40. The first-order valence-electron chi connectivity index (χ1n) is 20.1. The van der Waals surface area contributed by atoms with Gasteiger partial charge in [-0.3, -0.25) is 34.3 Å². The van der Waals surface area contributed by atoms with Crippen molar-refractivity contribution in [3.8, 4) is 0 Å². The number of hydrogen-bond acceptors (Lipinski definition) is 11. The minimum Gasteiger partial charge on any atom is -0.369 e. The summed E-state index contributed by atoms with van der Waals surface area (Å²) in [6, 6.07) is 11.3. The maximum atomic E-state index is 13.3. The molecule has 7 heterocycles. The Bertz CT molecular complexity index is 2150. The summed E-state index contributed by atoms with van der Waals surface area (Å²) in [5, 5.41) is 2.77. The zero-order valence-corrected chi connectivity index (χ0v) is 33.1. The molecule has 6 aliphatic rings. The Labute approximate surface area is 337 Å². The average Bonchev–Trinajstić information content (AvgIpc) is 3.65. The Kier molecular flexibility index (Phi) is 9.56. The van der Waals surface area contributed by atoms with Crippen LogP contribution in [0.25, 0.3) is 4.85 Å². The Morgan fingerprint density at radius 1 is 0.895 bits per heavy atom. The van der Waals surface area contributed by atoms with Gasteiger partial charge in [0, 0.05) is 87.8 Å². The van der Waals surface area contributed by atoms with Crippen LogP contribution in [0.15, 0.2) is 48.8 Å². The van der Waals surface area contributed by atoms with Gasteiger partial charge in [0.2, 0.25) is 23.5 Å². The highest BCUT2D eigenvalue weighted by molar-refractivity contribution is 6.33. The van der Waals surface area contributed by atoms with Gasteiger partial charge in [0.05, 0.1) is 41.8 Å². The van der Waals surface area contributed by atoms with Gasteiger partial charge in [0.1, 0.15) is 6.04 Å². The van der Waals surface area contributed by atoms with Crippen LogP contribution in [0.1, 0.15) is 72.6 Å². The number of carbonyl (C=O) groups excluding carboxylic acids is 4. The third-order valence-electron chi connectivity index (χ3n) is 13.5. The predicted octanol–water partition coefficient (Wildman–Crippen LogP) is 4.76. The molecule has 6 aliphatic heterocycles. The molecule has 1 N–H and O–H groups in total. The number of nitrogens with zero attached hydrogens (tertiary/aromatic N) is 9. The SMILES string of the molecule is [C-]#[N+]c1ccc(N2CC3(CCN(c4cnc(N5CCC(N6CC(N(C)c7ccc8c(c7)C(=O)N(C7CCC(=O)NC7=O)C8=O)C6)CC5)nc4)CC3)C[C@@H]2C)cc1Cl. The third kappa shape index (κ3) is 6.74. The molecule has 57 heavy (non-hydrogen) atoms. The first kappa shape index (κ1) is 37.3. The molecule has 4 amide bonds. The van der Waals surface area contributed by atoms with Crippen LogP contribution in [0.4, 0.5) is 28.7 Å². The smallest absolute Gasteiger partial charge is 0.262 e. The number of halogens is 1. The van der Waals surface area contributed by atoms with Crippen LogP contribution in [0.5, 0.6) is 0 Å². The normalized spacial score (nSPS) is 24.2. The van der Waals surface area contributed by atoms with Crippen LogP contribution >= 0.6 is 11.6 Å². The number of hydrogen-bond donors (Lipinski definition) is 1. The van der Waals surface area contributed by atoms with Crippen molar-refractivity contribution in [3.05, 3.63) is 76.4 Å². The van der Waals surface area contributed by atoms with E-state index in [9.17, 15) is 19.2 Å². The highest BCUT2D eigenvalue weighted by Gasteiger charge is 2.46. The predicted molar refractivity (Wildman–Crippen MR) is 217 cm³/mol. The van der Waals surface area contributed by atoms with Gasteiger partial charge in [-0.1, -0.05) is 17.7 Å². The molecule has 14 nitrogen and oxygen atoms in total. The number of amides is 4. The van der Waals surface area contributed by atoms with Gasteiger partial charge in [0.15, 0.2) is 0 Å². The molecule has 15 heteroatoms. The number of fused-ring (bicyclic) bond motifs is 1. The van der Waals surface area contributed by atoms with Crippen molar-refractivity contribution in [3.63, 3.8) is 0 Å². The zero-order chi connectivity index (χ0) is 39.6. The number of likely N-dealkylation sites (N-methyl/N-ethyl adjacent to an activating group) is 1. The molecule has 9 rings (SSSR count). The minimum atomic E-state index is -0.971. The van der Waals surface area contributed by atoms with E-state index in [-0.39, 0.29) is 30.2 Å². The fourth-order valence-corrected chi connectivity index (χ4v) is 10.2. The lowest BCUT2D eigenvalue weighted by Crippen LogP contribution is -2.63. The van der Waals surface area contributed by atoms with Gasteiger partial charge in [-0.25, -0.2) is 14.8 Å². The van der Waals surface area contributed by atoms with E-state index in [1.54, 1.807) is 12.1 Å². The van der Waals surface area contributed by atoms with E-state index in [2.05, 4.69) is 41.6 Å². The lowest BCUT2D eigenvalue weighted by atomic mass is 9.76. The van der Waals surface area contributed by atoms with Crippen LogP contribution in [0, 0.1) is 12.0 Å². The molecule has 296 valence electrons. The summed E-state index contributed by atoms with van der Waals surface area (Å²) in [4.78, 5) is 76.6. The van der Waals surface area contributed by atoms with E-state index in [4.69, 9.17) is 28.1 Å². The van der Waals surface area contributed by atoms with Crippen molar-refractivity contribution < 1.29 is 19.2 Å². The molecule has 0 bridgehead atoms. The Morgan fingerprint density at radius 3 is 2.30 bits per heavy atom. The molecule has 2 aromatic carbocycles. The fourth-order valence-electron chi connectivity index (χ4n) is 10.0. The molecule has 0 saturated carbocycles. The molecule has 5 fully saturated rings. The monoisotopic (exact) mass is 790 g/mol. The van der Waals surface area contributed by atoms with Crippen molar-refractivity contribution in [2.75, 3.05) is 72.5 Å². The molecule has 0 aliphatic carbocycles. The summed E-state index contributed by atoms with van der Waals surface area (Å²) >= 11 is 6.39. The third-order valence-corrected chi connectivity index (χ3v) is 13.8. The van der Waals surface area contributed by atoms with E-state index in [0.29, 0.717) is 33.9 Å². The fraction of sp³-hybridized carbons (Fsp3) is 0.500. The lowest BCUT2D eigenvalue weighted by molar-refractivity contribution is -0.136. The molecular weight excluding hydrogens is 744 g/mol. The van der Waals surface area contributed by atoms with E-state index < -0.39 is 23.8 Å². The minimum absolute atomic E-state index is 0.0948. The number of aromatic nitrogens is 2. The van der Waals surface area contributed by atoms with Gasteiger partial charge in [-0.05, 0) is 81.2 Å². The molecule has 2 atom stereocenters. The summed E-state index contributed by atoms with van der Waals surface area (Å²) in [6.45, 7) is 16.2. The second kappa shape index (κ2) is 14.6. The maximum Gasteiger partial charge on any atom is 0.262 e. The Hall–Kier alpha value is -5.26. The van der Waals surface area contributed by atoms with E-state index in [0.717, 1.165) is 106 Å². The molecule has 5 saturated heterocycles. The number of likely N-dealkylation sites (tertiary alicyclic amines) is 1. The molecule has 0 radical (unpaired) electrons. The second-order valence-electron chi connectivity index (χ2n) is 16.8. The second-order valence-corrected chi connectivity index (χ2v) is 17.2. The van der Waals surface area contributed by atoms with Crippen LogP contribution in [0.3, 0.4) is 0 Å². The number of piperidine rings is 3. The number of benzene rings is 2. The first-order chi connectivity index (χ1) is 27.5. The van der Waals surface area contributed by atoms with E-state index in [1.807, 2.05) is 43.7 Å². The molecule has 1 aromatic heterocycles. The summed E-state index contributed by atoms with van der Waals surface area (Å²) in [6.07, 6.45) is 9.66. The van der Waals surface area contributed by atoms with Crippen molar-refractivity contribution in [2.24, 2.45) is 5.41 Å². The molecular formula is C42H47ClN10O4. The van der Waals surface area contributed by atoms with Crippen molar-refractivity contribution >= 4 is 63.9 Å². The van der Waals surface area contributed by atoms with Crippen LogP contribution in [0.2, 0.25) is 5.02 Å². The number of carbonyl (C=O) groups is 4. The molecule has 3 aromatic rings. The number of nitrogens with one attached hydrogen (secondary N) is 1. The highest BCUT2D eigenvalue weighted by Crippen LogP contribution is 2.46. The van der Waals surface area contributed by atoms with Gasteiger partial charge in [-0.2, -0.15) is 0 Å². The zero-order valence-electron chi connectivity index (χ0n) is 32.4. The molecule has 1 spiro atoms. The largest absolute Gasteiger partial charge is 0.369 e. The van der Waals surface area contributed by atoms with E-state index in [1.165, 1.54) is 0 Å². The van der Waals surface area contributed by atoms with Crippen LogP contribution in [-0.2, 0) is 9.59 Å². The van der Waals surface area contributed by atoms with Crippen LogP contribution < -0.4 is 24.9 Å². The summed E-state index contributed by atoms with van der Waals surface area (Å²) in [7, 11) is 2.02.